The summed E-state index contributed by atoms with van der Waals surface area (Å²) in [5.74, 6) is 0. The number of rotatable bonds is 5. The molecule has 2 rings (SSSR count). The van der Waals surface area contributed by atoms with E-state index >= 15 is 0 Å². The number of aromatic nitrogens is 2. The van der Waals surface area contributed by atoms with Gasteiger partial charge in [-0.05, 0) is 24.1 Å². The molecule has 0 amide bonds. The first-order chi connectivity index (χ1) is 9.09. The topological polar surface area (TPSA) is 61.2 Å². The van der Waals surface area contributed by atoms with Crippen LogP contribution in [-0.4, -0.2) is 31.0 Å². The van der Waals surface area contributed by atoms with Gasteiger partial charge in [-0.1, -0.05) is 18.2 Å². The van der Waals surface area contributed by atoms with Crippen molar-refractivity contribution in [2.45, 2.75) is 16.5 Å². The fourth-order valence-electron chi connectivity index (χ4n) is 1.64. The molecule has 0 aliphatic rings. The molecule has 5 nitrogen and oxygen atoms in total. The van der Waals surface area contributed by atoms with Crippen molar-refractivity contribution >= 4 is 21.8 Å². The lowest BCUT2D eigenvalue weighted by molar-refractivity contribution is 0.181. The summed E-state index contributed by atoms with van der Waals surface area (Å²) in [7, 11) is -2.01. The zero-order chi connectivity index (χ0) is 13.9. The highest BCUT2D eigenvalue weighted by molar-refractivity contribution is 7.98. The maximum absolute atomic E-state index is 12.5. The van der Waals surface area contributed by atoms with Gasteiger partial charge in [-0.25, -0.2) is 8.42 Å². The fraction of sp³-hybridized carbons (Fsp3) is 0.250. The van der Waals surface area contributed by atoms with Crippen molar-refractivity contribution in [1.29, 1.82) is 0 Å². The molecule has 2 aromatic rings. The van der Waals surface area contributed by atoms with Gasteiger partial charge in [0, 0.05) is 19.4 Å². The minimum atomic E-state index is -3.56. The number of hydrogen-bond donors (Lipinski definition) is 0. The largest absolute Gasteiger partial charge is 0.378 e. The maximum atomic E-state index is 12.5. The molecule has 1 aromatic heterocycles. The van der Waals surface area contributed by atoms with E-state index in [4.69, 9.17) is 4.74 Å². The van der Waals surface area contributed by atoms with E-state index in [1.165, 1.54) is 16.0 Å². The Hall–Kier alpha value is -1.31. The van der Waals surface area contributed by atoms with E-state index < -0.39 is 9.84 Å². The maximum Gasteiger partial charge on any atom is 0.224 e. The number of methoxy groups -OCH3 is 1. The molecule has 102 valence electrons. The van der Waals surface area contributed by atoms with Crippen molar-refractivity contribution in [2.75, 3.05) is 13.4 Å². The van der Waals surface area contributed by atoms with Crippen LogP contribution in [0.3, 0.4) is 0 Å². The minimum absolute atomic E-state index is 0.165. The lowest BCUT2D eigenvalue weighted by atomic mass is 10.4. The van der Waals surface area contributed by atoms with E-state index in [9.17, 15) is 8.42 Å². The second-order valence-corrected chi connectivity index (χ2v) is 6.39. The lowest BCUT2D eigenvalue weighted by Crippen LogP contribution is -2.06. The van der Waals surface area contributed by atoms with Gasteiger partial charge in [-0.3, -0.25) is 0 Å². The number of hydrogen-bond acceptors (Lipinski definition) is 5. The van der Waals surface area contributed by atoms with Crippen LogP contribution >= 0.6 is 11.9 Å². The molecule has 0 spiro atoms. The van der Waals surface area contributed by atoms with Gasteiger partial charge in [0.05, 0.1) is 17.2 Å². The molecular weight excluding hydrogens is 284 g/mol. The minimum Gasteiger partial charge on any atom is -0.378 e. The first-order valence-corrected chi connectivity index (χ1v) is 8.18. The average Bonchev–Trinajstić information content (AvgIpc) is 2.84. The number of nitrogens with zero attached hydrogens (tertiary/aromatic N) is 2. The van der Waals surface area contributed by atoms with Crippen LogP contribution in [0.5, 0.6) is 0 Å². The predicted molar refractivity (Wildman–Crippen MR) is 73.7 cm³/mol. The molecule has 0 N–H and O–H groups in total. The smallest absolute Gasteiger partial charge is 0.224 e. The van der Waals surface area contributed by atoms with Crippen molar-refractivity contribution in [1.82, 2.24) is 9.19 Å². The van der Waals surface area contributed by atoms with Gasteiger partial charge in [0.15, 0.2) is 5.03 Å². The van der Waals surface area contributed by atoms with Crippen molar-refractivity contribution in [3.63, 3.8) is 0 Å². The van der Waals surface area contributed by atoms with Crippen LogP contribution in [0.25, 0.3) is 0 Å². The summed E-state index contributed by atoms with van der Waals surface area (Å²) in [5, 5.41) is 4.35. The molecule has 0 aliphatic carbocycles. The number of benzene rings is 1. The molecule has 0 fully saturated rings. The second kappa shape index (κ2) is 5.77. The molecule has 0 bridgehead atoms. The third-order valence-electron chi connectivity index (χ3n) is 2.49. The molecule has 0 unspecified atom stereocenters. The summed E-state index contributed by atoms with van der Waals surface area (Å²) in [6.45, 7) is 0.283. The highest BCUT2D eigenvalue weighted by atomic mass is 32.2. The van der Waals surface area contributed by atoms with Crippen molar-refractivity contribution in [2.24, 2.45) is 0 Å². The molecule has 0 saturated heterocycles. The summed E-state index contributed by atoms with van der Waals surface area (Å²) in [4.78, 5) is 0.258. The Labute approximate surface area is 116 Å². The van der Waals surface area contributed by atoms with E-state index in [0.717, 1.165) is 0 Å². The Morgan fingerprint density at radius 1 is 1.32 bits per heavy atom. The summed E-state index contributed by atoms with van der Waals surface area (Å²) >= 11 is 1.23. The van der Waals surface area contributed by atoms with Crippen molar-refractivity contribution < 1.29 is 13.2 Å². The summed E-state index contributed by atoms with van der Waals surface area (Å²) in [6.07, 6.45) is 1.77. The van der Waals surface area contributed by atoms with Crippen LogP contribution in [0.15, 0.2) is 46.3 Å². The molecule has 1 aromatic carbocycles. The van der Waals surface area contributed by atoms with Gasteiger partial charge < -0.3 is 4.74 Å². The van der Waals surface area contributed by atoms with Gasteiger partial charge in [-0.15, -0.1) is 0 Å². The van der Waals surface area contributed by atoms with Gasteiger partial charge in [0.1, 0.15) is 0 Å². The van der Waals surface area contributed by atoms with Gasteiger partial charge >= 0.3 is 0 Å². The van der Waals surface area contributed by atoms with Gasteiger partial charge in [0.2, 0.25) is 9.84 Å². The quantitative estimate of drug-likeness (QED) is 0.845. The summed E-state index contributed by atoms with van der Waals surface area (Å²) < 4.78 is 31.4. The first-order valence-electron chi connectivity index (χ1n) is 5.52. The SMILES string of the molecule is COCc1cc(S(=O)(=O)c2ccccc2)n(SC)n1. The van der Waals surface area contributed by atoms with Crippen molar-refractivity contribution in [3.05, 3.63) is 42.1 Å². The normalized spacial score (nSPS) is 11.7. The zero-order valence-electron chi connectivity index (χ0n) is 10.6. The van der Waals surface area contributed by atoms with E-state index in [1.54, 1.807) is 49.8 Å². The summed E-state index contributed by atoms with van der Waals surface area (Å²) in [5.41, 5.74) is 0.589. The predicted octanol–water partition coefficient (Wildman–Crippen LogP) is 1.99. The van der Waals surface area contributed by atoms with E-state index in [0.29, 0.717) is 5.69 Å². The Balaban J connectivity index is 2.51. The third-order valence-corrected chi connectivity index (χ3v) is 4.97. The molecule has 7 heteroatoms. The van der Waals surface area contributed by atoms with Crippen LogP contribution in [-0.2, 0) is 21.2 Å². The Morgan fingerprint density at radius 2 is 2.00 bits per heavy atom. The van der Waals surface area contributed by atoms with Crippen LogP contribution in [0, 0.1) is 0 Å². The van der Waals surface area contributed by atoms with Gasteiger partial charge in [-0.2, -0.15) is 9.19 Å². The van der Waals surface area contributed by atoms with E-state index in [2.05, 4.69) is 5.10 Å². The lowest BCUT2D eigenvalue weighted by Gasteiger charge is -2.04. The average molecular weight is 298 g/mol. The fourth-order valence-corrected chi connectivity index (χ4v) is 3.87. The molecule has 0 atom stereocenters. The molecule has 0 aliphatic heterocycles. The number of ether oxygens (including phenoxy) is 1. The van der Waals surface area contributed by atoms with Crippen LogP contribution in [0.4, 0.5) is 0 Å². The van der Waals surface area contributed by atoms with E-state index in [-0.39, 0.29) is 16.5 Å². The highest BCUT2D eigenvalue weighted by Gasteiger charge is 2.23. The van der Waals surface area contributed by atoms with Crippen molar-refractivity contribution in [3.8, 4) is 0 Å². The highest BCUT2D eigenvalue weighted by Crippen LogP contribution is 2.24. The Bertz CT molecular complexity index is 651. The molecular formula is C12H14N2O3S2. The Morgan fingerprint density at radius 3 is 2.58 bits per heavy atom. The third kappa shape index (κ3) is 2.83. The zero-order valence-corrected chi connectivity index (χ0v) is 12.2. The van der Waals surface area contributed by atoms with Crippen LogP contribution in [0.2, 0.25) is 0 Å². The number of sulfone groups is 1. The monoisotopic (exact) mass is 298 g/mol. The van der Waals surface area contributed by atoms with Crippen LogP contribution in [0.1, 0.15) is 5.69 Å². The first kappa shape index (κ1) is 14.1. The standard InChI is InChI=1S/C12H14N2O3S2/c1-17-9-10-8-12(14(13-10)18-2)19(15,16)11-6-4-3-5-7-11/h3-8H,9H2,1-2H3. The molecule has 0 saturated carbocycles. The summed E-state index contributed by atoms with van der Waals surface area (Å²) in [6, 6.07) is 9.86. The Kier molecular flexibility index (Phi) is 4.28. The van der Waals surface area contributed by atoms with Gasteiger partial charge in [0.25, 0.3) is 0 Å². The van der Waals surface area contributed by atoms with Crippen LogP contribution < -0.4 is 0 Å². The molecule has 19 heavy (non-hydrogen) atoms. The van der Waals surface area contributed by atoms with E-state index in [1.807, 2.05) is 0 Å². The molecule has 0 radical (unpaired) electrons. The second-order valence-electron chi connectivity index (χ2n) is 3.78. The molecule has 1 heterocycles.